The van der Waals surface area contributed by atoms with Crippen LogP contribution in [0.5, 0.6) is 5.75 Å². The lowest BCUT2D eigenvalue weighted by Crippen LogP contribution is -2.04. The van der Waals surface area contributed by atoms with Gasteiger partial charge >= 0.3 is 6.61 Å². The summed E-state index contributed by atoms with van der Waals surface area (Å²) >= 11 is 0. The summed E-state index contributed by atoms with van der Waals surface area (Å²) in [7, 11) is 1.65. The molecule has 0 aliphatic carbocycles. The van der Waals surface area contributed by atoms with Crippen LogP contribution in [0.15, 0.2) is 42.6 Å². The Bertz CT molecular complexity index is 636. The Morgan fingerprint density at radius 1 is 1.35 bits per heavy atom. The quantitative estimate of drug-likeness (QED) is 0.624. The first-order chi connectivity index (χ1) is 9.58. The van der Waals surface area contributed by atoms with E-state index in [0.29, 0.717) is 11.3 Å². The van der Waals surface area contributed by atoms with Crippen molar-refractivity contribution in [1.29, 1.82) is 0 Å². The molecule has 0 aliphatic heterocycles. The fraction of sp³-hybridized carbons (Fsp3) is 0.143. The van der Waals surface area contributed by atoms with Gasteiger partial charge in [0, 0.05) is 18.8 Å². The van der Waals surface area contributed by atoms with Crippen LogP contribution < -0.4 is 4.74 Å². The molecule has 1 heterocycles. The smallest absolute Gasteiger partial charge is 0.387 e. The largest absolute Gasteiger partial charge is 0.434 e. The molecule has 2 rings (SSSR count). The number of aromatic nitrogens is 2. The zero-order valence-corrected chi connectivity index (χ0v) is 10.7. The summed E-state index contributed by atoms with van der Waals surface area (Å²) in [6.07, 6.45) is 4.24. The molecule has 0 spiro atoms. The Morgan fingerprint density at radius 3 is 2.75 bits per heavy atom. The molecule has 1 aromatic carbocycles. The van der Waals surface area contributed by atoms with Gasteiger partial charge in [-0.25, -0.2) is 0 Å². The van der Waals surface area contributed by atoms with E-state index in [9.17, 15) is 13.6 Å². The van der Waals surface area contributed by atoms with Gasteiger partial charge in [0.1, 0.15) is 11.4 Å². The van der Waals surface area contributed by atoms with E-state index in [2.05, 4.69) is 9.84 Å². The van der Waals surface area contributed by atoms with Gasteiger partial charge < -0.3 is 4.74 Å². The van der Waals surface area contributed by atoms with Crippen LogP contribution >= 0.6 is 0 Å². The number of para-hydroxylation sites is 1. The first-order valence-corrected chi connectivity index (χ1v) is 5.82. The Balaban J connectivity index is 2.19. The molecule has 0 aliphatic rings. The zero-order chi connectivity index (χ0) is 14.5. The normalized spacial score (nSPS) is 11.2. The number of ketones is 1. The minimum absolute atomic E-state index is 0.0246. The third-order valence-electron chi connectivity index (χ3n) is 2.62. The van der Waals surface area contributed by atoms with Gasteiger partial charge in [-0.05, 0) is 24.3 Å². The molecule has 2 aromatic rings. The molecule has 6 heteroatoms. The van der Waals surface area contributed by atoms with Crippen molar-refractivity contribution in [3.05, 3.63) is 53.9 Å². The molecule has 0 unspecified atom stereocenters. The third-order valence-corrected chi connectivity index (χ3v) is 2.62. The topological polar surface area (TPSA) is 44.1 Å². The lowest BCUT2D eigenvalue weighted by atomic mass is 10.1. The Morgan fingerprint density at radius 2 is 2.10 bits per heavy atom. The molecule has 104 valence electrons. The minimum atomic E-state index is -2.91. The monoisotopic (exact) mass is 278 g/mol. The van der Waals surface area contributed by atoms with Gasteiger partial charge in [-0.15, -0.1) is 0 Å². The molecule has 4 nitrogen and oxygen atoms in total. The van der Waals surface area contributed by atoms with Crippen LogP contribution in [-0.2, 0) is 7.05 Å². The molecular weight excluding hydrogens is 266 g/mol. The highest BCUT2D eigenvalue weighted by molar-refractivity contribution is 6.05. The van der Waals surface area contributed by atoms with Crippen molar-refractivity contribution < 1.29 is 18.3 Å². The number of carbonyl (C=O) groups is 1. The van der Waals surface area contributed by atoms with E-state index in [0.717, 1.165) is 0 Å². The fourth-order valence-electron chi connectivity index (χ4n) is 1.69. The van der Waals surface area contributed by atoms with Gasteiger partial charge in [-0.2, -0.15) is 13.9 Å². The standard InChI is InChI=1S/C14H12F2N2O2/c1-18-11(8-9-17-18)12(19)7-6-10-4-2-3-5-13(10)20-14(15)16/h2-9,14H,1H3. The van der Waals surface area contributed by atoms with Crippen molar-refractivity contribution in [3.63, 3.8) is 0 Å². The van der Waals surface area contributed by atoms with Crippen LogP contribution in [0.3, 0.4) is 0 Å². The number of carbonyl (C=O) groups excluding carboxylic acids is 1. The van der Waals surface area contributed by atoms with Gasteiger partial charge in [0.2, 0.25) is 5.78 Å². The maximum Gasteiger partial charge on any atom is 0.387 e. The van der Waals surface area contributed by atoms with Gasteiger partial charge in [-0.1, -0.05) is 18.2 Å². The summed E-state index contributed by atoms with van der Waals surface area (Å²) in [5.74, 6) is -0.242. The van der Waals surface area contributed by atoms with Crippen molar-refractivity contribution in [3.8, 4) is 5.75 Å². The van der Waals surface area contributed by atoms with E-state index in [1.807, 2.05) is 0 Å². The SMILES string of the molecule is Cn1nccc1C(=O)C=Cc1ccccc1OC(F)F. The number of ether oxygens (including phenoxy) is 1. The van der Waals surface area contributed by atoms with Crippen LogP contribution in [0.25, 0.3) is 6.08 Å². The second-order valence-electron chi connectivity index (χ2n) is 3.95. The number of halogens is 2. The van der Waals surface area contributed by atoms with Gasteiger partial charge in [-0.3, -0.25) is 9.48 Å². The first-order valence-electron chi connectivity index (χ1n) is 5.82. The molecule has 0 atom stereocenters. The predicted molar refractivity (Wildman–Crippen MR) is 69.6 cm³/mol. The van der Waals surface area contributed by atoms with E-state index in [1.165, 1.54) is 29.1 Å². The average molecular weight is 278 g/mol. The Hall–Kier alpha value is -2.50. The molecule has 1 aromatic heterocycles. The van der Waals surface area contributed by atoms with Gasteiger partial charge in [0.15, 0.2) is 0 Å². The van der Waals surface area contributed by atoms with Crippen LogP contribution in [0.2, 0.25) is 0 Å². The number of aryl methyl sites for hydroxylation is 1. The maximum absolute atomic E-state index is 12.3. The highest BCUT2D eigenvalue weighted by Gasteiger charge is 2.09. The minimum Gasteiger partial charge on any atom is -0.434 e. The van der Waals surface area contributed by atoms with Gasteiger partial charge in [0.05, 0.1) is 0 Å². The number of hydrogen-bond acceptors (Lipinski definition) is 3. The number of hydrogen-bond donors (Lipinski definition) is 0. The molecule has 0 fully saturated rings. The van der Waals surface area contributed by atoms with Crippen molar-refractivity contribution >= 4 is 11.9 Å². The van der Waals surface area contributed by atoms with E-state index in [1.54, 1.807) is 31.3 Å². The molecule has 0 bridgehead atoms. The molecule has 0 saturated heterocycles. The molecule has 20 heavy (non-hydrogen) atoms. The third kappa shape index (κ3) is 3.28. The van der Waals surface area contributed by atoms with Crippen molar-refractivity contribution in [2.75, 3.05) is 0 Å². The fourth-order valence-corrected chi connectivity index (χ4v) is 1.69. The van der Waals surface area contributed by atoms with E-state index >= 15 is 0 Å². The second-order valence-corrected chi connectivity index (χ2v) is 3.95. The Labute approximate surface area is 114 Å². The summed E-state index contributed by atoms with van der Waals surface area (Å²) < 4.78 is 30.3. The van der Waals surface area contributed by atoms with Crippen LogP contribution in [-0.4, -0.2) is 22.2 Å². The lowest BCUT2D eigenvalue weighted by Gasteiger charge is -2.07. The average Bonchev–Trinajstić information content (AvgIpc) is 2.83. The van der Waals surface area contributed by atoms with Crippen molar-refractivity contribution in [1.82, 2.24) is 9.78 Å². The van der Waals surface area contributed by atoms with E-state index in [-0.39, 0.29) is 11.5 Å². The van der Waals surface area contributed by atoms with E-state index < -0.39 is 6.61 Å². The number of alkyl halides is 2. The molecule has 0 saturated carbocycles. The van der Waals surface area contributed by atoms with Crippen molar-refractivity contribution in [2.24, 2.45) is 7.05 Å². The van der Waals surface area contributed by atoms with Crippen molar-refractivity contribution in [2.45, 2.75) is 6.61 Å². The van der Waals surface area contributed by atoms with Gasteiger partial charge in [0.25, 0.3) is 0 Å². The number of benzene rings is 1. The highest BCUT2D eigenvalue weighted by atomic mass is 19.3. The summed E-state index contributed by atoms with van der Waals surface area (Å²) in [4.78, 5) is 11.9. The van der Waals surface area contributed by atoms with Crippen LogP contribution in [0, 0.1) is 0 Å². The molecule has 0 amide bonds. The van der Waals surface area contributed by atoms with E-state index in [4.69, 9.17) is 0 Å². The summed E-state index contributed by atoms with van der Waals surface area (Å²) in [6.45, 7) is -2.91. The molecule has 0 N–H and O–H groups in total. The van der Waals surface area contributed by atoms with Crippen LogP contribution in [0.4, 0.5) is 8.78 Å². The maximum atomic E-state index is 12.3. The molecular formula is C14H12F2N2O2. The summed E-state index contributed by atoms with van der Waals surface area (Å²) in [5, 5.41) is 3.89. The Kier molecular flexibility index (Phi) is 4.24. The zero-order valence-electron chi connectivity index (χ0n) is 10.7. The molecule has 0 radical (unpaired) electrons. The number of rotatable bonds is 5. The van der Waals surface area contributed by atoms with Crippen LogP contribution in [0.1, 0.15) is 16.1 Å². The summed E-state index contributed by atoms with van der Waals surface area (Å²) in [6, 6.07) is 7.84. The lowest BCUT2D eigenvalue weighted by molar-refractivity contribution is -0.0499. The highest BCUT2D eigenvalue weighted by Crippen LogP contribution is 2.21. The number of allylic oxidation sites excluding steroid dienone is 1. The number of nitrogens with zero attached hydrogens (tertiary/aromatic N) is 2. The predicted octanol–water partition coefficient (Wildman–Crippen LogP) is 2.92. The second kappa shape index (κ2) is 6.10. The summed E-state index contributed by atoms with van der Waals surface area (Å²) in [5.41, 5.74) is 0.817. The first kappa shape index (κ1) is 13.9.